The van der Waals surface area contributed by atoms with Crippen molar-refractivity contribution in [2.75, 3.05) is 20.1 Å². The van der Waals surface area contributed by atoms with Crippen LogP contribution < -0.4 is 16.8 Å². The van der Waals surface area contributed by atoms with Gasteiger partial charge in [-0.15, -0.1) is 0 Å². The minimum Gasteiger partial charge on any atom is -0.354 e. The van der Waals surface area contributed by atoms with Crippen LogP contribution in [0.1, 0.15) is 42.4 Å². The molecule has 2 aromatic carbocycles. The highest BCUT2D eigenvalue weighted by Crippen LogP contribution is 2.11. The second kappa shape index (κ2) is 13.7. The molecule has 0 aliphatic carbocycles. The Morgan fingerprint density at radius 3 is 2.25 bits per heavy atom. The number of nitrogens with one attached hydrogen (secondary N) is 1. The van der Waals surface area contributed by atoms with Crippen LogP contribution in [-0.2, 0) is 22.4 Å². The first-order valence-electron chi connectivity index (χ1n) is 11.5. The molecular weight excluding hydrogens is 400 g/mol. The highest BCUT2D eigenvalue weighted by molar-refractivity contribution is 5.89. The van der Waals surface area contributed by atoms with Gasteiger partial charge in [-0.2, -0.15) is 0 Å². The maximum absolute atomic E-state index is 12.9. The molecule has 0 bridgehead atoms. The number of nitrogens with zero attached hydrogens (tertiary/aromatic N) is 1. The minimum atomic E-state index is -0.644. The number of carbonyl (C=O) groups excluding carboxylic acids is 2. The first-order chi connectivity index (χ1) is 15.4. The van der Waals surface area contributed by atoms with Crippen LogP contribution in [0.15, 0.2) is 54.6 Å². The molecule has 0 saturated carbocycles. The summed E-state index contributed by atoms with van der Waals surface area (Å²) >= 11 is 0. The molecule has 2 aromatic rings. The molecule has 0 unspecified atom stereocenters. The molecule has 6 heteroatoms. The summed E-state index contributed by atoms with van der Waals surface area (Å²) in [7, 11) is 1.66. The third-order valence-electron chi connectivity index (χ3n) is 5.77. The Kier molecular flexibility index (Phi) is 10.9. The number of carbonyl (C=O) groups is 2. The average Bonchev–Trinajstić information content (AvgIpc) is 2.81. The highest BCUT2D eigenvalue weighted by atomic mass is 16.2. The lowest BCUT2D eigenvalue weighted by atomic mass is 10.0. The topological polar surface area (TPSA) is 101 Å². The van der Waals surface area contributed by atoms with E-state index < -0.39 is 12.1 Å². The third-order valence-corrected chi connectivity index (χ3v) is 5.77. The maximum atomic E-state index is 12.9. The van der Waals surface area contributed by atoms with E-state index in [1.807, 2.05) is 30.3 Å². The SMILES string of the molecule is Cc1ccc(CCCNC(=O)[C@H](CCCN)N(C)C(=O)[C@@H](N)CCc2ccccc2)cc1. The third kappa shape index (κ3) is 8.44. The molecule has 0 aliphatic heterocycles. The highest BCUT2D eigenvalue weighted by Gasteiger charge is 2.29. The Bertz CT molecular complexity index is 823. The summed E-state index contributed by atoms with van der Waals surface area (Å²) < 4.78 is 0. The molecule has 2 atom stereocenters. The van der Waals surface area contributed by atoms with Crippen molar-refractivity contribution in [2.24, 2.45) is 11.5 Å². The van der Waals surface area contributed by atoms with E-state index in [4.69, 9.17) is 11.5 Å². The van der Waals surface area contributed by atoms with Crippen molar-refractivity contribution >= 4 is 11.8 Å². The van der Waals surface area contributed by atoms with Crippen LogP contribution in [0.5, 0.6) is 0 Å². The van der Waals surface area contributed by atoms with Crippen LogP contribution in [0.25, 0.3) is 0 Å². The van der Waals surface area contributed by atoms with Crippen LogP contribution in [0, 0.1) is 6.92 Å². The second-order valence-corrected chi connectivity index (χ2v) is 8.41. The van der Waals surface area contributed by atoms with Crippen molar-refractivity contribution in [3.05, 3.63) is 71.3 Å². The van der Waals surface area contributed by atoms with Crippen molar-refractivity contribution in [1.29, 1.82) is 0 Å². The number of likely N-dealkylation sites (N-methyl/N-ethyl adjacent to an activating group) is 1. The van der Waals surface area contributed by atoms with Gasteiger partial charge in [0.1, 0.15) is 6.04 Å². The van der Waals surface area contributed by atoms with Crippen LogP contribution in [0.4, 0.5) is 0 Å². The zero-order valence-corrected chi connectivity index (χ0v) is 19.4. The van der Waals surface area contributed by atoms with Gasteiger partial charge >= 0.3 is 0 Å². The summed E-state index contributed by atoms with van der Waals surface area (Å²) in [6.45, 7) is 3.10. The number of nitrogens with two attached hydrogens (primary N) is 2. The number of amides is 2. The van der Waals surface area contributed by atoms with Gasteiger partial charge in [-0.05, 0) is 63.1 Å². The molecule has 0 aliphatic rings. The zero-order chi connectivity index (χ0) is 23.3. The number of aryl methyl sites for hydroxylation is 3. The molecule has 0 heterocycles. The van der Waals surface area contributed by atoms with E-state index in [0.29, 0.717) is 32.4 Å². The largest absolute Gasteiger partial charge is 0.354 e. The smallest absolute Gasteiger partial charge is 0.242 e. The van der Waals surface area contributed by atoms with Gasteiger partial charge in [0.25, 0.3) is 0 Å². The van der Waals surface area contributed by atoms with E-state index in [0.717, 1.165) is 24.8 Å². The minimum absolute atomic E-state index is 0.145. The second-order valence-electron chi connectivity index (χ2n) is 8.41. The molecule has 2 amide bonds. The van der Waals surface area contributed by atoms with E-state index in [1.165, 1.54) is 16.0 Å². The Balaban J connectivity index is 1.85. The Hall–Kier alpha value is -2.70. The van der Waals surface area contributed by atoms with E-state index in [1.54, 1.807) is 7.05 Å². The predicted molar refractivity (Wildman–Crippen MR) is 130 cm³/mol. The summed E-state index contributed by atoms with van der Waals surface area (Å²) in [5.74, 6) is -0.355. The fraction of sp³-hybridized carbons (Fsp3) is 0.462. The molecular formula is C26H38N4O2. The molecule has 0 radical (unpaired) electrons. The van der Waals surface area contributed by atoms with Crippen LogP contribution in [0.2, 0.25) is 0 Å². The predicted octanol–water partition coefficient (Wildman–Crippen LogP) is 2.57. The van der Waals surface area contributed by atoms with Crippen molar-refractivity contribution in [1.82, 2.24) is 10.2 Å². The quantitative estimate of drug-likeness (QED) is 0.418. The lowest BCUT2D eigenvalue weighted by Gasteiger charge is -2.29. The lowest BCUT2D eigenvalue weighted by molar-refractivity contribution is -0.140. The Morgan fingerprint density at radius 2 is 1.59 bits per heavy atom. The van der Waals surface area contributed by atoms with Crippen LogP contribution in [-0.4, -0.2) is 48.9 Å². The standard InChI is InChI=1S/C26H38N4O2/c1-20-12-14-22(15-13-20)10-7-19-29-25(31)24(11-6-18-27)30(2)26(32)23(28)17-16-21-8-4-3-5-9-21/h3-5,8-9,12-15,23-24H,6-7,10-11,16-19,27-28H2,1-2H3,(H,29,31)/t23-,24-/m0/s1. The summed E-state index contributed by atoms with van der Waals surface area (Å²) in [6.07, 6.45) is 4.18. The fourth-order valence-electron chi connectivity index (χ4n) is 3.69. The number of benzene rings is 2. The maximum Gasteiger partial charge on any atom is 0.242 e. The summed E-state index contributed by atoms with van der Waals surface area (Å²) in [4.78, 5) is 27.3. The van der Waals surface area contributed by atoms with Gasteiger partial charge in [0.05, 0.1) is 6.04 Å². The molecule has 0 aromatic heterocycles. The number of hydrogen-bond donors (Lipinski definition) is 3. The molecule has 32 heavy (non-hydrogen) atoms. The van der Waals surface area contributed by atoms with Gasteiger partial charge in [0.15, 0.2) is 0 Å². The molecule has 0 saturated heterocycles. The zero-order valence-electron chi connectivity index (χ0n) is 19.4. The first kappa shape index (κ1) is 25.6. The van der Waals surface area contributed by atoms with E-state index in [9.17, 15) is 9.59 Å². The van der Waals surface area contributed by atoms with Gasteiger partial charge in [-0.1, -0.05) is 60.2 Å². The van der Waals surface area contributed by atoms with Crippen molar-refractivity contribution in [2.45, 2.75) is 57.5 Å². The molecule has 0 fully saturated rings. The van der Waals surface area contributed by atoms with Crippen molar-refractivity contribution in [3.8, 4) is 0 Å². The number of rotatable bonds is 13. The summed E-state index contributed by atoms with van der Waals surface area (Å²) in [5, 5.41) is 2.99. The molecule has 0 spiro atoms. The first-order valence-corrected chi connectivity index (χ1v) is 11.5. The van der Waals surface area contributed by atoms with Crippen LogP contribution >= 0.6 is 0 Å². The fourth-order valence-corrected chi connectivity index (χ4v) is 3.69. The Labute approximate surface area is 192 Å². The average molecular weight is 439 g/mol. The Morgan fingerprint density at radius 1 is 0.938 bits per heavy atom. The van der Waals surface area contributed by atoms with Gasteiger partial charge in [0.2, 0.25) is 11.8 Å². The normalized spacial score (nSPS) is 12.8. The summed E-state index contributed by atoms with van der Waals surface area (Å²) in [6, 6.07) is 17.2. The molecule has 2 rings (SSSR count). The lowest BCUT2D eigenvalue weighted by Crippen LogP contribution is -2.52. The summed E-state index contributed by atoms with van der Waals surface area (Å²) in [5.41, 5.74) is 15.5. The van der Waals surface area contributed by atoms with Gasteiger partial charge in [-0.3, -0.25) is 9.59 Å². The van der Waals surface area contributed by atoms with Gasteiger partial charge in [0, 0.05) is 13.6 Å². The van der Waals surface area contributed by atoms with Gasteiger partial charge in [-0.25, -0.2) is 0 Å². The van der Waals surface area contributed by atoms with E-state index >= 15 is 0 Å². The monoisotopic (exact) mass is 438 g/mol. The van der Waals surface area contributed by atoms with E-state index in [-0.39, 0.29) is 11.8 Å². The molecule has 6 nitrogen and oxygen atoms in total. The van der Waals surface area contributed by atoms with Crippen molar-refractivity contribution in [3.63, 3.8) is 0 Å². The van der Waals surface area contributed by atoms with E-state index in [2.05, 4.69) is 36.5 Å². The molecule has 174 valence electrons. The van der Waals surface area contributed by atoms with Gasteiger partial charge < -0.3 is 21.7 Å². The van der Waals surface area contributed by atoms with Crippen LogP contribution in [0.3, 0.4) is 0 Å². The molecule has 5 N–H and O–H groups in total. The number of hydrogen-bond acceptors (Lipinski definition) is 4. The van der Waals surface area contributed by atoms with Crippen molar-refractivity contribution < 1.29 is 9.59 Å².